The van der Waals surface area contributed by atoms with E-state index in [-0.39, 0.29) is 12.3 Å². The maximum atomic E-state index is 12.5. The molecule has 0 aliphatic rings. The molecule has 4 aromatic rings. The standard InChI is InChI=1S/C23H21BrN4O2S/c1-16-2-8-20(9-3-16)30-14-23-26-19(15-31-23)12-22(29)27-21-10-11-25-28(21)13-17-4-6-18(24)7-5-17/h2-11,15H,12-14H2,1H3,(H,27,29). The average Bonchev–Trinajstić information content (AvgIpc) is 3.38. The summed E-state index contributed by atoms with van der Waals surface area (Å²) in [5.41, 5.74) is 3.01. The molecule has 2 aromatic carbocycles. The van der Waals surface area contributed by atoms with E-state index in [0.29, 0.717) is 19.0 Å². The van der Waals surface area contributed by atoms with Crippen molar-refractivity contribution in [2.75, 3.05) is 5.32 Å². The Bertz CT molecular complexity index is 1150. The van der Waals surface area contributed by atoms with Crippen LogP contribution < -0.4 is 10.1 Å². The zero-order valence-electron chi connectivity index (χ0n) is 16.9. The predicted molar refractivity (Wildman–Crippen MR) is 125 cm³/mol. The molecule has 0 aliphatic heterocycles. The van der Waals surface area contributed by atoms with Gasteiger partial charge in [-0.1, -0.05) is 45.8 Å². The number of anilines is 1. The lowest BCUT2D eigenvalue weighted by molar-refractivity contribution is -0.115. The Morgan fingerprint density at radius 3 is 2.68 bits per heavy atom. The summed E-state index contributed by atoms with van der Waals surface area (Å²) in [5, 5.41) is 9.98. The van der Waals surface area contributed by atoms with Crippen LogP contribution in [0.5, 0.6) is 5.75 Å². The second-order valence-electron chi connectivity index (χ2n) is 7.06. The van der Waals surface area contributed by atoms with Gasteiger partial charge in [-0.2, -0.15) is 5.10 Å². The third kappa shape index (κ3) is 6.02. The minimum absolute atomic E-state index is 0.131. The van der Waals surface area contributed by atoms with Crippen molar-refractivity contribution >= 4 is 39.0 Å². The largest absolute Gasteiger partial charge is 0.486 e. The van der Waals surface area contributed by atoms with Crippen LogP contribution in [0.2, 0.25) is 0 Å². The summed E-state index contributed by atoms with van der Waals surface area (Å²) < 4.78 is 8.56. The number of benzene rings is 2. The lowest BCUT2D eigenvalue weighted by atomic mass is 10.2. The summed E-state index contributed by atoms with van der Waals surface area (Å²) in [5.74, 6) is 1.33. The van der Waals surface area contributed by atoms with E-state index < -0.39 is 0 Å². The van der Waals surface area contributed by atoms with Gasteiger partial charge in [-0.05, 0) is 36.8 Å². The Balaban J connectivity index is 1.31. The number of ether oxygens (including phenoxy) is 1. The van der Waals surface area contributed by atoms with E-state index >= 15 is 0 Å². The van der Waals surface area contributed by atoms with Crippen LogP contribution in [0.3, 0.4) is 0 Å². The number of hydrogen-bond acceptors (Lipinski definition) is 5. The van der Waals surface area contributed by atoms with E-state index in [1.165, 1.54) is 16.9 Å². The third-order valence-corrected chi connectivity index (χ3v) is 5.95. The van der Waals surface area contributed by atoms with Crippen LogP contribution in [0.25, 0.3) is 0 Å². The van der Waals surface area contributed by atoms with Crippen molar-refractivity contribution in [1.29, 1.82) is 0 Å². The number of nitrogens with one attached hydrogen (secondary N) is 1. The molecule has 0 aliphatic carbocycles. The molecule has 0 radical (unpaired) electrons. The zero-order valence-corrected chi connectivity index (χ0v) is 19.3. The Kier molecular flexibility index (Phi) is 6.79. The van der Waals surface area contributed by atoms with Crippen LogP contribution in [0.15, 0.2) is 70.6 Å². The van der Waals surface area contributed by atoms with Gasteiger partial charge in [-0.15, -0.1) is 11.3 Å². The van der Waals surface area contributed by atoms with Gasteiger partial charge in [0.25, 0.3) is 0 Å². The van der Waals surface area contributed by atoms with Crippen molar-refractivity contribution in [1.82, 2.24) is 14.8 Å². The van der Waals surface area contributed by atoms with Gasteiger partial charge in [0.15, 0.2) is 0 Å². The van der Waals surface area contributed by atoms with Crippen LogP contribution >= 0.6 is 27.3 Å². The molecule has 0 atom stereocenters. The molecular formula is C23H21BrN4O2S. The second kappa shape index (κ2) is 9.89. The third-order valence-electron chi connectivity index (χ3n) is 4.55. The molecule has 31 heavy (non-hydrogen) atoms. The number of carbonyl (C=O) groups excluding carboxylic acids is 1. The van der Waals surface area contributed by atoms with Gasteiger partial charge >= 0.3 is 0 Å². The number of aromatic nitrogens is 3. The molecule has 158 valence electrons. The van der Waals surface area contributed by atoms with Crippen molar-refractivity contribution < 1.29 is 9.53 Å². The first-order chi connectivity index (χ1) is 15.0. The summed E-state index contributed by atoms with van der Waals surface area (Å²) >= 11 is 4.93. The van der Waals surface area contributed by atoms with Gasteiger partial charge in [0.05, 0.1) is 24.9 Å². The molecule has 0 bridgehead atoms. The molecule has 4 rings (SSSR count). The fourth-order valence-electron chi connectivity index (χ4n) is 2.96. The van der Waals surface area contributed by atoms with Crippen LogP contribution in [-0.2, 0) is 24.4 Å². The molecule has 0 saturated carbocycles. The van der Waals surface area contributed by atoms with E-state index in [1.807, 2.05) is 60.8 Å². The smallest absolute Gasteiger partial charge is 0.231 e. The van der Waals surface area contributed by atoms with Crippen molar-refractivity contribution in [2.24, 2.45) is 0 Å². The van der Waals surface area contributed by atoms with E-state index in [0.717, 1.165) is 26.5 Å². The highest BCUT2D eigenvalue weighted by molar-refractivity contribution is 9.10. The van der Waals surface area contributed by atoms with Gasteiger partial charge in [0, 0.05) is 15.9 Å². The topological polar surface area (TPSA) is 69.0 Å². The number of nitrogens with zero attached hydrogens (tertiary/aromatic N) is 3. The van der Waals surface area contributed by atoms with E-state index in [1.54, 1.807) is 16.9 Å². The van der Waals surface area contributed by atoms with Crippen LogP contribution in [0.4, 0.5) is 5.82 Å². The molecule has 0 fully saturated rings. The van der Waals surface area contributed by atoms with Gasteiger partial charge in [-0.3, -0.25) is 4.79 Å². The highest BCUT2D eigenvalue weighted by Crippen LogP contribution is 2.17. The van der Waals surface area contributed by atoms with E-state index in [9.17, 15) is 4.79 Å². The summed E-state index contributed by atoms with van der Waals surface area (Å²) in [6.45, 7) is 3.00. The van der Waals surface area contributed by atoms with E-state index in [2.05, 4.69) is 31.3 Å². The molecule has 0 saturated heterocycles. The minimum Gasteiger partial charge on any atom is -0.486 e. The van der Waals surface area contributed by atoms with Crippen LogP contribution in [0.1, 0.15) is 21.8 Å². The fraction of sp³-hybridized carbons (Fsp3) is 0.174. The number of halogens is 1. The lowest BCUT2D eigenvalue weighted by Crippen LogP contribution is -2.18. The van der Waals surface area contributed by atoms with Crippen LogP contribution in [-0.4, -0.2) is 20.7 Å². The Hall–Kier alpha value is -2.97. The van der Waals surface area contributed by atoms with Gasteiger partial charge in [-0.25, -0.2) is 9.67 Å². The molecule has 6 nitrogen and oxygen atoms in total. The molecule has 8 heteroatoms. The first kappa shape index (κ1) is 21.3. The summed E-state index contributed by atoms with van der Waals surface area (Å²) in [6, 6.07) is 17.7. The second-order valence-corrected chi connectivity index (χ2v) is 8.92. The van der Waals surface area contributed by atoms with Crippen LogP contribution in [0, 0.1) is 6.92 Å². The summed E-state index contributed by atoms with van der Waals surface area (Å²) in [7, 11) is 0. The average molecular weight is 497 g/mol. The van der Waals surface area contributed by atoms with Gasteiger partial charge in [0.2, 0.25) is 5.91 Å². The Labute approximate surface area is 193 Å². The number of carbonyl (C=O) groups is 1. The fourth-order valence-corrected chi connectivity index (χ4v) is 3.92. The number of hydrogen-bond donors (Lipinski definition) is 1. The molecule has 2 aromatic heterocycles. The van der Waals surface area contributed by atoms with Crippen molar-refractivity contribution in [3.05, 3.63) is 92.5 Å². The normalized spacial score (nSPS) is 10.8. The minimum atomic E-state index is -0.131. The maximum absolute atomic E-state index is 12.5. The molecular weight excluding hydrogens is 476 g/mol. The number of aryl methyl sites for hydroxylation is 1. The Morgan fingerprint density at radius 2 is 1.90 bits per heavy atom. The highest BCUT2D eigenvalue weighted by Gasteiger charge is 2.11. The monoisotopic (exact) mass is 496 g/mol. The number of amides is 1. The molecule has 1 N–H and O–H groups in total. The predicted octanol–water partition coefficient (Wildman–Crippen LogP) is 5.22. The summed E-state index contributed by atoms with van der Waals surface area (Å²) in [6.07, 6.45) is 1.88. The van der Waals surface area contributed by atoms with E-state index in [4.69, 9.17) is 4.74 Å². The molecule has 0 spiro atoms. The first-order valence-corrected chi connectivity index (χ1v) is 11.4. The quantitative estimate of drug-likeness (QED) is 0.363. The Morgan fingerprint density at radius 1 is 1.13 bits per heavy atom. The maximum Gasteiger partial charge on any atom is 0.231 e. The van der Waals surface area contributed by atoms with Gasteiger partial charge in [0.1, 0.15) is 23.2 Å². The summed E-state index contributed by atoms with van der Waals surface area (Å²) in [4.78, 5) is 17.0. The molecule has 1 amide bonds. The van der Waals surface area contributed by atoms with Crippen molar-refractivity contribution in [3.63, 3.8) is 0 Å². The zero-order chi connectivity index (χ0) is 21.6. The molecule has 2 heterocycles. The number of thiazole rings is 1. The molecule has 0 unspecified atom stereocenters. The van der Waals surface area contributed by atoms with Gasteiger partial charge < -0.3 is 10.1 Å². The first-order valence-electron chi connectivity index (χ1n) is 9.74. The van der Waals surface area contributed by atoms with Crippen molar-refractivity contribution in [2.45, 2.75) is 26.5 Å². The highest BCUT2D eigenvalue weighted by atomic mass is 79.9. The van der Waals surface area contributed by atoms with Crippen molar-refractivity contribution in [3.8, 4) is 5.75 Å². The number of rotatable bonds is 8. The lowest BCUT2D eigenvalue weighted by Gasteiger charge is -2.09. The SMILES string of the molecule is Cc1ccc(OCc2nc(CC(=O)Nc3ccnn3Cc3ccc(Br)cc3)cs2)cc1.